The van der Waals surface area contributed by atoms with E-state index in [1.54, 1.807) is 6.07 Å². The third-order valence-corrected chi connectivity index (χ3v) is 2.83. The maximum absolute atomic E-state index is 11.2. The summed E-state index contributed by atoms with van der Waals surface area (Å²) in [4.78, 5) is 11.2. The van der Waals surface area contributed by atoms with E-state index in [0.29, 0.717) is 11.3 Å². The number of methoxy groups -OCH3 is 1. The molecule has 19 heavy (non-hydrogen) atoms. The van der Waals surface area contributed by atoms with Gasteiger partial charge in [-0.3, -0.25) is 0 Å². The topological polar surface area (TPSA) is 98.6 Å². The zero-order valence-corrected chi connectivity index (χ0v) is 10.9. The van der Waals surface area contributed by atoms with Crippen molar-refractivity contribution in [3.63, 3.8) is 0 Å². The van der Waals surface area contributed by atoms with Crippen molar-refractivity contribution < 1.29 is 19.2 Å². The monoisotopic (exact) mass is 262 g/mol. The number of nitrogens with zero attached hydrogens (tertiary/aromatic N) is 1. The molecular formula is C13H14N2O4. The fourth-order valence-corrected chi connectivity index (χ4v) is 2.10. The molecule has 0 radical (unpaired) electrons. The molecular weight excluding hydrogens is 248 g/mol. The first kappa shape index (κ1) is 12.9. The zero-order valence-electron chi connectivity index (χ0n) is 10.9. The number of rotatable bonds is 3. The summed E-state index contributed by atoms with van der Waals surface area (Å²) >= 11 is 0. The molecule has 0 saturated carbocycles. The predicted octanol–water partition coefficient (Wildman–Crippen LogP) is 2.25. The van der Waals surface area contributed by atoms with E-state index in [4.69, 9.17) is 20.1 Å². The molecule has 6 heteroatoms. The van der Waals surface area contributed by atoms with E-state index in [0.717, 1.165) is 11.1 Å². The van der Waals surface area contributed by atoms with E-state index >= 15 is 0 Å². The lowest BCUT2D eigenvalue weighted by Crippen LogP contribution is -2.02. The van der Waals surface area contributed by atoms with Crippen molar-refractivity contribution in [2.75, 3.05) is 12.8 Å². The van der Waals surface area contributed by atoms with Crippen LogP contribution in [0.1, 0.15) is 21.6 Å². The largest absolute Gasteiger partial charge is 0.496 e. The van der Waals surface area contributed by atoms with Gasteiger partial charge in [0, 0.05) is 5.56 Å². The van der Waals surface area contributed by atoms with Gasteiger partial charge in [-0.15, -0.1) is 0 Å². The summed E-state index contributed by atoms with van der Waals surface area (Å²) in [5.41, 5.74) is 8.16. The Hall–Kier alpha value is -2.50. The van der Waals surface area contributed by atoms with Crippen molar-refractivity contribution in [3.8, 4) is 16.9 Å². The van der Waals surface area contributed by atoms with Crippen LogP contribution >= 0.6 is 0 Å². The summed E-state index contributed by atoms with van der Waals surface area (Å²) in [6, 6.07) is 3.72. The molecule has 6 nitrogen and oxygen atoms in total. The molecule has 0 aliphatic carbocycles. The number of nitrogens with two attached hydrogens (primary N) is 1. The molecule has 2 aromatic rings. The Bertz CT molecular complexity index is 646. The number of ether oxygens (including phenoxy) is 1. The van der Waals surface area contributed by atoms with Crippen LogP contribution in [0.15, 0.2) is 16.7 Å². The van der Waals surface area contributed by atoms with Crippen LogP contribution in [0.4, 0.5) is 5.88 Å². The summed E-state index contributed by atoms with van der Waals surface area (Å²) < 4.78 is 10.1. The van der Waals surface area contributed by atoms with Crippen molar-refractivity contribution >= 4 is 11.9 Å². The van der Waals surface area contributed by atoms with Crippen LogP contribution in [0.2, 0.25) is 0 Å². The molecule has 2 rings (SSSR count). The highest BCUT2D eigenvalue weighted by molar-refractivity contribution is 5.98. The maximum atomic E-state index is 11.2. The first-order valence-corrected chi connectivity index (χ1v) is 5.59. The molecule has 0 amide bonds. The van der Waals surface area contributed by atoms with Gasteiger partial charge in [-0.05, 0) is 31.0 Å². The number of hydrogen-bond donors (Lipinski definition) is 2. The molecule has 0 atom stereocenters. The van der Waals surface area contributed by atoms with Crippen LogP contribution in [-0.2, 0) is 0 Å². The lowest BCUT2D eigenvalue weighted by molar-refractivity contribution is 0.0686. The summed E-state index contributed by atoms with van der Waals surface area (Å²) in [6.07, 6.45) is 0. The Labute approximate surface area is 109 Å². The van der Waals surface area contributed by atoms with Crippen LogP contribution in [0, 0.1) is 13.8 Å². The second-order valence-electron chi connectivity index (χ2n) is 4.23. The number of nitrogen functional groups attached to an aromatic ring is 1. The Balaban J connectivity index is 2.79. The molecule has 0 saturated heterocycles. The highest BCUT2D eigenvalue weighted by Gasteiger charge is 2.25. The summed E-state index contributed by atoms with van der Waals surface area (Å²) in [6.45, 7) is 3.78. The number of carboxylic acids is 1. The smallest absolute Gasteiger partial charge is 0.358 e. The highest BCUT2D eigenvalue weighted by Crippen LogP contribution is 2.39. The Kier molecular flexibility index (Phi) is 3.16. The number of aryl methyl sites for hydroxylation is 2. The SMILES string of the molecule is COc1cc(C)cc(C)c1-c1c(C(=O)O)noc1N. The van der Waals surface area contributed by atoms with E-state index in [2.05, 4.69) is 5.16 Å². The number of aromatic carboxylic acids is 1. The average molecular weight is 262 g/mol. The van der Waals surface area contributed by atoms with Crippen molar-refractivity contribution in [3.05, 3.63) is 29.0 Å². The minimum Gasteiger partial charge on any atom is -0.496 e. The number of anilines is 1. The molecule has 1 aromatic carbocycles. The molecule has 100 valence electrons. The molecule has 0 aliphatic rings. The Morgan fingerprint density at radius 1 is 1.37 bits per heavy atom. The van der Waals surface area contributed by atoms with Gasteiger partial charge in [0.25, 0.3) is 0 Å². The van der Waals surface area contributed by atoms with E-state index < -0.39 is 5.97 Å². The molecule has 0 aliphatic heterocycles. The lowest BCUT2D eigenvalue weighted by atomic mass is 9.97. The van der Waals surface area contributed by atoms with Gasteiger partial charge < -0.3 is 20.1 Å². The highest BCUT2D eigenvalue weighted by atomic mass is 16.5. The van der Waals surface area contributed by atoms with Crippen molar-refractivity contribution in [2.24, 2.45) is 0 Å². The van der Waals surface area contributed by atoms with Gasteiger partial charge >= 0.3 is 5.97 Å². The maximum Gasteiger partial charge on any atom is 0.358 e. The molecule has 0 fully saturated rings. The molecule has 0 bridgehead atoms. The van der Waals surface area contributed by atoms with Gasteiger partial charge in [0.2, 0.25) is 11.6 Å². The van der Waals surface area contributed by atoms with Gasteiger partial charge in [0.05, 0.1) is 12.7 Å². The number of carboxylic acid groups (broad SMARTS) is 1. The summed E-state index contributed by atoms with van der Waals surface area (Å²) in [7, 11) is 1.52. The number of hydrogen-bond acceptors (Lipinski definition) is 5. The quantitative estimate of drug-likeness (QED) is 0.880. The van der Waals surface area contributed by atoms with Gasteiger partial charge in [0.1, 0.15) is 5.75 Å². The van der Waals surface area contributed by atoms with Gasteiger partial charge in [-0.25, -0.2) is 4.79 Å². The van der Waals surface area contributed by atoms with Crippen molar-refractivity contribution in [2.45, 2.75) is 13.8 Å². The summed E-state index contributed by atoms with van der Waals surface area (Å²) in [5.74, 6) is -0.699. The first-order valence-electron chi connectivity index (χ1n) is 5.59. The molecule has 3 N–H and O–H groups in total. The molecule has 0 unspecified atom stereocenters. The minimum atomic E-state index is -1.20. The fraction of sp³-hybridized carbons (Fsp3) is 0.231. The second-order valence-corrected chi connectivity index (χ2v) is 4.23. The third-order valence-electron chi connectivity index (χ3n) is 2.83. The first-order chi connectivity index (χ1) is 8.95. The van der Waals surface area contributed by atoms with E-state index in [1.807, 2.05) is 19.9 Å². The van der Waals surface area contributed by atoms with Gasteiger partial charge in [-0.2, -0.15) is 0 Å². The van der Waals surface area contributed by atoms with Crippen molar-refractivity contribution in [1.29, 1.82) is 0 Å². The normalized spacial score (nSPS) is 10.5. The van der Waals surface area contributed by atoms with Crippen LogP contribution in [0.3, 0.4) is 0 Å². The number of aromatic nitrogens is 1. The third kappa shape index (κ3) is 2.12. The average Bonchev–Trinajstić information content (AvgIpc) is 2.70. The van der Waals surface area contributed by atoms with Crippen molar-refractivity contribution in [1.82, 2.24) is 5.16 Å². The molecule has 0 spiro atoms. The Morgan fingerprint density at radius 2 is 2.05 bits per heavy atom. The standard InChI is InChI=1S/C13H14N2O4/c1-6-4-7(2)9(8(5-6)18-3)10-11(13(16)17)15-19-12(10)14/h4-5H,14H2,1-3H3,(H,16,17). The lowest BCUT2D eigenvalue weighted by Gasteiger charge is -2.12. The minimum absolute atomic E-state index is 0.0392. The van der Waals surface area contributed by atoms with Gasteiger partial charge in [-0.1, -0.05) is 11.2 Å². The molecule has 1 aromatic heterocycles. The van der Waals surface area contributed by atoms with E-state index in [1.165, 1.54) is 7.11 Å². The second kappa shape index (κ2) is 4.64. The molecule has 1 heterocycles. The predicted molar refractivity (Wildman–Crippen MR) is 69.3 cm³/mol. The van der Waals surface area contributed by atoms with Crippen LogP contribution in [-0.4, -0.2) is 23.3 Å². The van der Waals surface area contributed by atoms with Gasteiger partial charge in [0.15, 0.2) is 0 Å². The number of benzene rings is 1. The van der Waals surface area contributed by atoms with Crippen LogP contribution in [0.25, 0.3) is 11.1 Å². The van der Waals surface area contributed by atoms with Crippen LogP contribution < -0.4 is 10.5 Å². The van der Waals surface area contributed by atoms with Crippen LogP contribution in [0.5, 0.6) is 5.75 Å². The number of carbonyl (C=O) groups is 1. The van der Waals surface area contributed by atoms with E-state index in [-0.39, 0.29) is 17.1 Å². The summed E-state index contributed by atoms with van der Waals surface area (Å²) in [5, 5.41) is 12.6. The van der Waals surface area contributed by atoms with E-state index in [9.17, 15) is 4.79 Å². The zero-order chi connectivity index (χ0) is 14.2. The Morgan fingerprint density at radius 3 is 2.63 bits per heavy atom. The fourth-order valence-electron chi connectivity index (χ4n) is 2.10.